The summed E-state index contributed by atoms with van der Waals surface area (Å²) in [6, 6.07) is 3.28. The van der Waals surface area contributed by atoms with Crippen molar-refractivity contribution in [3.8, 4) is 17.0 Å². The van der Waals surface area contributed by atoms with Crippen molar-refractivity contribution in [2.75, 3.05) is 6.61 Å². The maximum absolute atomic E-state index is 13.8. The van der Waals surface area contributed by atoms with E-state index < -0.39 is 24.5 Å². The van der Waals surface area contributed by atoms with Crippen LogP contribution in [0.2, 0.25) is 0 Å². The lowest BCUT2D eigenvalue weighted by atomic mass is 10.0. The molecule has 4 N–H and O–H groups in total. The minimum atomic E-state index is -2.66. The van der Waals surface area contributed by atoms with Gasteiger partial charge in [-0.25, -0.2) is 23.1 Å². The Morgan fingerprint density at radius 3 is 2.76 bits per heavy atom. The summed E-state index contributed by atoms with van der Waals surface area (Å²) in [4.78, 5) is 24.9. The van der Waals surface area contributed by atoms with Gasteiger partial charge in [-0.2, -0.15) is 0 Å². The van der Waals surface area contributed by atoms with Crippen LogP contribution in [0.1, 0.15) is 53.7 Å². The number of aromatic amines is 1. The second-order valence-corrected chi connectivity index (χ2v) is 9.20. The molecule has 7 nitrogen and oxygen atoms in total. The van der Waals surface area contributed by atoms with E-state index in [1.165, 1.54) is 24.5 Å². The van der Waals surface area contributed by atoms with Crippen molar-refractivity contribution < 1.29 is 22.7 Å². The van der Waals surface area contributed by atoms with Crippen LogP contribution in [-0.4, -0.2) is 45.7 Å². The molecule has 2 heterocycles. The zero-order chi connectivity index (χ0) is 24.0. The topological polar surface area (TPSA) is 106 Å². The molecule has 3 aromatic rings. The molecule has 0 aliphatic heterocycles. The molecule has 2 saturated carbocycles. The van der Waals surface area contributed by atoms with Crippen LogP contribution in [0.3, 0.4) is 0 Å². The molecule has 180 valence electrons. The van der Waals surface area contributed by atoms with Crippen LogP contribution in [0.4, 0.5) is 13.2 Å². The highest BCUT2D eigenvalue weighted by Gasteiger charge is 2.34. The Morgan fingerprint density at radius 2 is 2.09 bits per heavy atom. The fourth-order valence-corrected chi connectivity index (χ4v) is 4.48. The third kappa shape index (κ3) is 4.34. The Balaban J connectivity index is 1.53. The number of H-pyrrole nitrogens is 1. The van der Waals surface area contributed by atoms with Crippen LogP contribution in [0.15, 0.2) is 24.5 Å². The predicted octanol–water partition coefficient (Wildman–Crippen LogP) is 4.22. The summed E-state index contributed by atoms with van der Waals surface area (Å²) in [6.45, 7) is 2.23. The van der Waals surface area contributed by atoms with Crippen molar-refractivity contribution in [1.82, 2.24) is 20.3 Å². The van der Waals surface area contributed by atoms with E-state index in [1.54, 1.807) is 6.92 Å². The average molecular weight is 473 g/mol. The van der Waals surface area contributed by atoms with Crippen LogP contribution < -0.4 is 15.8 Å². The van der Waals surface area contributed by atoms with Crippen LogP contribution in [0.25, 0.3) is 22.3 Å². The van der Waals surface area contributed by atoms with Crippen molar-refractivity contribution in [2.24, 2.45) is 11.7 Å². The monoisotopic (exact) mass is 473 g/mol. The first-order chi connectivity index (χ1) is 16.3. The van der Waals surface area contributed by atoms with Gasteiger partial charge in [0.2, 0.25) is 0 Å². The summed E-state index contributed by atoms with van der Waals surface area (Å²) in [6.07, 6.45) is 0.187. The number of carbonyl (C=O) groups excluding carboxylic acids is 1. The molecule has 0 bridgehead atoms. The smallest absolute Gasteiger partial charge is 0.263 e. The number of hydrogen-bond acceptors (Lipinski definition) is 5. The van der Waals surface area contributed by atoms with Gasteiger partial charge in [0.25, 0.3) is 12.3 Å². The predicted molar refractivity (Wildman–Crippen MR) is 121 cm³/mol. The van der Waals surface area contributed by atoms with Crippen LogP contribution in [-0.2, 0) is 0 Å². The minimum Gasteiger partial charge on any atom is -0.493 e. The molecule has 1 aromatic carbocycles. The Morgan fingerprint density at radius 1 is 1.29 bits per heavy atom. The van der Waals surface area contributed by atoms with Crippen LogP contribution in [0.5, 0.6) is 5.75 Å². The van der Waals surface area contributed by atoms with Crippen molar-refractivity contribution >= 4 is 16.9 Å². The fraction of sp³-hybridized carbons (Fsp3) is 0.458. The molecule has 0 unspecified atom stereocenters. The molecule has 0 saturated heterocycles. The highest BCUT2D eigenvalue weighted by atomic mass is 19.3. The second kappa shape index (κ2) is 8.90. The second-order valence-electron chi connectivity index (χ2n) is 9.20. The summed E-state index contributed by atoms with van der Waals surface area (Å²) in [5.41, 5.74) is 8.01. The zero-order valence-electron chi connectivity index (χ0n) is 18.7. The van der Waals surface area contributed by atoms with E-state index in [1.807, 2.05) is 0 Å². The first-order valence-corrected chi connectivity index (χ1v) is 11.4. The summed E-state index contributed by atoms with van der Waals surface area (Å²) < 4.78 is 46.7. The number of fused-ring (bicyclic) bond motifs is 1. The summed E-state index contributed by atoms with van der Waals surface area (Å²) in [5, 5.41) is 2.85. The van der Waals surface area contributed by atoms with E-state index in [0.717, 1.165) is 12.8 Å². The lowest BCUT2D eigenvalue weighted by molar-refractivity contribution is 0.0937. The van der Waals surface area contributed by atoms with Crippen molar-refractivity contribution in [3.05, 3.63) is 41.3 Å². The number of halogens is 3. The molecule has 2 aromatic heterocycles. The van der Waals surface area contributed by atoms with E-state index in [2.05, 4.69) is 20.3 Å². The Hall–Kier alpha value is -3.14. The number of nitrogens with zero attached hydrogens (tertiary/aromatic N) is 2. The molecule has 10 heteroatoms. The molecule has 2 aliphatic carbocycles. The minimum absolute atomic E-state index is 0.153. The Kier molecular flexibility index (Phi) is 5.93. The number of alkyl halides is 3. The molecular weight excluding hydrogens is 447 g/mol. The number of carbonyl (C=O) groups is 1. The van der Waals surface area contributed by atoms with Crippen molar-refractivity contribution in [2.45, 2.75) is 57.3 Å². The largest absolute Gasteiger partial charge is 0.493 e. The Labute approximate surface area is 194 Å². The molecule has 5 rings (SSSR count). The number of ether oxygens (including phenoxy) is 1. The van der Waals surface area contributed by atoms with Crippen LogP contribution >= 0.6 is 0 Å². The van der Waals surface area contributed by atoms with Gasteiger partial charge in [0.05, 0.1) is 17.7 Å². The van der Waals surface area contributed by atoms with Gasteiger partial charge in [-0.3, -0.25) is 4.79 Å². The maximum Gasteiger partial charge on any atom is 0.263 e. The molecule has 34 heavy (non-hydrogen) atoms. The van der Waals surface area contributed by atoms with Gasteiger partial charge in [-0.15, -0.1) is 0 Å². The molecular formula is C24H26F3N5O2. The molecule has 0 radical (unpaired) electrons. The van der Waals surface area contributed by atoms with Gasteiger partial charge < -0.3 is 20.8 Å². The van der Waals surface area contributed by atoms with Gasteiger partial charge in [-0.1, -0.05) is 0 Å². The van der Waals surface area contributed by atoms with E-state index in [9.17, 15) is 18.0 Å². The SMILES string of the molecule is Cc1[nH]c2c(-c3cc(C(F)F)ccc3OCC3CC3)ncnc2c1C(=O)N[C@H]1C[C@@H](N)[C@H](F)C1. The number of aryl methyl sites for hydroxylation is 1. The van der Waals surface area contributed by atoms with Crippen molar-refractivity contribution in [3.63, 3.8) is 0 Å². The number of benzene rings is 1. The summed E-state index contributed by atoms with van der Waals surface area (Å²) >= 11 is 0. The number of aromatic nitrogens is 3. The lowest BCUT2D eigenvalue weighted by Gasteiger charge is -2.13. The Bertz CT molecular complexity index is 1220. The number of hydrogen-bond donors (Lipinski definition) is 3. The molecule has 1 amide bonds. The normalized spacial score (nSPS) is 22.5. The fourth-order valence-electron chi connectivity index (χ4n) is 4.48. The third-order valence-corrected chi connectivity index (χ3v) is 6.55. The van der Waals surface area contributed by atoms with E-state index >= 15 is 0 Å². The zero-order valence-corrected chi connectivity index (χ0v) is 18.7. The lowest BCUT2D eigenvalue weighted by Crippen LogP contribution is -2.34. The van der Waals surface area contributed by atoms with Gasteiger partial charge in [-0.05, 0) is 50.3 Å². The first-order valence-electron chi connectivity index (χ1n) is 11.4. The summed E-state index contributed by atoms with van der Waals surface area (Å²) in [5.74, 6) is 0.526. The number of nitrogens with one attached hydrogen (secondary N) is 2. The van der Waals surface area contributed by atoms with E-state index in [0.29, 0.717) is 58.2 Å². The number of nitrogens with two attached hydrogens (primary N) is 1. The van der Waals surface area contributed by atoms with E-state index in [-0.39, 0.29) is 18.0 Å². The highest BCUT2D eigenvalue weighted by Crippen LogP contribution is 2.38. The quantitative estimate of drug-likeness (QED) is 0.477. The average Bonchev–Trinajstić information content (AvgIpc) is 3.49. The molecule has 2 aliphatic rings. The summed E-state index contributed by atoms with van der Waals surface area (Å²) in [7, 11) is 0. The van der Waals surface area contributed by atoms with Crippen LogP contribution in [0, 0.1) is 12.8 Å². The van der Waals surface area contributed by atoms with Gasteiger partial charge >= 0.3 is 0 Å². The third-order valence-electron chi connectivity index (χ3n) is 6.55. The first kappa shape index (κ1) is 22.6. The molecule has 0 spiro atoms. The van der Waals surface area contributed by atoms with E-state index in [4.69, 9.17) is 10.5 Å². The maximum atomic E-state index is 13.8. The van der Waals surface area contributed by atoms with Gasteiger partial charge in [0.15, 0.2) is 0 Å². The molecule has 2 fully saturated rings. The molecule has 3 atom stereocenters. The number of amides is 1. The standard InChI is InChI=1S/C24H26F3N5O2/c1-11-19(24(33)32-14-7-16(25)17(28)8-14)21-22(31-11)20(29-10-30-21)15-6-13(23(26)27)4-5-18(15)34-9-12-2-3-12/h4-6,10,12,14,16-17,23,31H,2-3,7-9,28H2,1H3,(H,32,33)/t14-,16-,17-/m1/s1. The highest BCUT2D eigenvalue weighted by molar-refractivity contribution is 6.09. The van der Waals surface area contributed by atoms with Crippen molar-refractivity contribution in [1.29, 1.82) is 0 Å². The van der Waals surface area contributed by atoms with Gasteiger partial charge in [0, 0.05) is 35.3 Å². The van der Waals surface area contributed by atoms with Gasteiger partial charge in [0.1, 0.15) is 29.5 Å². The number of rotatable bonds is 7.